The number of nitrogen functional groups attached to an aromatic ring is 1. The molecule has 0 saturated heterocycles. The maximum absolute atomic E-state index is 13.0. The molecule has 1 aromatic heterocycles. The van der Waals surface area contributed by atoms with E-state index >= 15 is 0 Å². The molecule has 0 spiro atoms. The van der Waals surface area contributed by atoms with Crippen LogP contribution in [0.25, 0.3) is 0 Å². The van der Waals surface area contributed by atoms with Crippen LogP contribution in [0.15, 0.2) is 42.6 Å². The Balaban J connectivity index is 2.25. The van der Waals surface area contributed by atoms with Crippen LogP contribution >= 0.6 is 12.2 Å². The highest BCUT2D eigenvalue weighted by Gasteiger charge is 2.23. The molecule has 2 rings (SSSR count). The summed E-state index contributed by atoms with van der Waals surface area (Å²) in [6.45, 7) is 2.83. The molecule has 6 heteroatoms. The summed E-state index contributed by atoms with van der Waals surface area (Å²) >= 11 is 5.51. The quantitative estimate of drug-likeness (QED) is 0.321. The van der Waals surface area contributed by atoms with Crippen LogP contribution in [0.2, 0.25) is 0 Å². The predicted molar refractivity (Wildman–Crippen MR) is 114 cm³/mol. The van der Waals surface area contributed by atoms with Crippen molar-refractivity contribution >= 4 is 30.0 Å². The highest BCUT2D eigenvalue weighted by molar-refractivity contribution is 7.71. The van der Waals surface area contributed by atoms with Crippen molar-refractivity contribution in [1.29, 1.82) is 5.41 Å². The summed E-state index contributed by atoms with van der Waals surface area (Å²) in [5.74, 6) is -0.103. The summed E-state index contributed by atoms with van der Waals surface area (Å²) in [5.41, 5.74) is 7.67. The van der Waals surface area contributed by atoms with Crippen molar-refractivity contribution in [2.75, 3.05) is 12.3 Å². The van der Waals surface area contributed by atoms with Gasteiger partial charge in [0, 0.05) is 24.6 Å². The Kier molecular flexibility index (Phi) is 8.20. The molecule has 4 N–H and O–H groups in total. The molecule has 1 aromatic carbocycles. The first-order chi connectivity index (χ1) is 13.1. The third-order valence-corrected chi connectivity index (χ3v) is 4.99. The van der Waals surface area contributed by atoms with Crippen LogP contribution in [0, 0.1) is 10.0 Å². The maximum atomic E-state index is 13.0. The van der Waals surface area contributed by atoms with Gasteiger partial charge in [0.05, 0.1) is 5.56 Å². The number of hydrogen-bond donors (Lipinski definition) is 3. The SMILES string of the molecule is CCCCCCCNC(=O)C(c1ccccc1)n1ccc(N)c(C=N)c1=S. The van der Waals surface area contributed by atoms with Gasteiger partial charge in [-0.1, -0.05) is 75.2 Å². The van der Waals surface area contributed by atoms with Crippen molar-refractivity contribution in [3.8, 4) is 0 Å². The third kappa shape index (κ3) is 5.50. The molecular weight excluding hydrogens is 356 g/mol. The van der Waals surface area contributed by atoms with Gasteiger partial charge in [-0.05, 0) is 18.1 Å². The van der Waals surface area contributed by atoms with Crippen molar-refractivity contribution < 1.29 is 4.79 Å². The van der Waals surface area contributed by atoms with Crippen LogP contribution in [0.5, 0.6) is 0 Å². The fourth-order valence-corrected chi connectivity index (χ4v) is 3.38. The highest BCUT2D eigenvalue weighted by Crippen LogP contribution is 2.22. The van der Waals surface area contributed by atoms with Crippen molar-refractivity contribution in [3.05, 3.63) is 58.4 Å². The number of hydrogen-bond acceptors (Lipinski definition) is 4. The number of unbranched alkanes of at least 4 members (excludes halogenated alkanes) is 4. The Morgan fingerprint density at radius 2 is 1.93 bits per heavy atom. The molecule has 1 atom stereocenters. The van der Waals surface area contributed by atoms with Crippen LogP contribution < -0.4 is 11.1 Å². The Labute approximate surface area is 166 Å². The molecule has 2 aromatic rings. The number of rotatable bonds is 10. The number of nitrogens with two attached hydrogens (primary N) is 1. The van der Waals surface area contributed by atoms with Crippen molar-refractivity contribution in [3.63, 3.8) is 0 Å². The van der Waals surface area contributed by atoms with Gasteiger partial charge in [0.25, 0.3) is 0 Å². The fraction of sp³-hybridized carbons (Fsp3) is 0.381. The molecule has 0 bridgehead atoms. The number of pyridine rings is 1. The first-order valence-electron chi connectivity index (χ1n) is 9.43. The van der Waals surface area contributed by atoms with Gasteiger partial charge in [-0.15, -0.1) is 0 Å². The van der Waals surface area contributed by atoms with Gasteiger partial charge in [-0.3, -0.25) is 4.79 Å². The molecule has 27 heavy (non-hydrogen) atoms. The van der Waals surface area contributed by atoms with Crippen molar-refractivity contribution in [1.82, 2.24) is 9.88 Å². The second kappa shape index (κ2) is 10.6. The average molecular weight is 385 g/mol. The van der Waals surface area contributed by atoms with E-state index in [1.165, 1.54) is 19.3 Å². The van der Waals surface area contributed by atoms with Gasteiger partial charge < -0.3 is 21.0 Å². The number of aromatic nitrogens is 1. The topological polar surface area (TPSA) is 83.9 Å². The van der Waals surface area contributed by atoms with E-state index in [4.69, 9.17) is 23.4 Å². The number of carbonyl (C=O) groups excluding carboxylic acids is 1. The lowest BCUT2D eigenvalue weighted by Gasteiger charge is -2.22. The standard InChI is InChI=1S/C21H28N4OS/c1-2-3-4-5-9-13-24-20(26)19(16-10-7-6-8-11-16)25-14-12-18(23)17(15-22)21(25)27/h6-8,10-12,14-15,19,22H,2-5,9,13,23H2,1H3,(H,24,26). The second-order valence-corrected chi connectivity index (χ2v) is 6.95. The van der Waals surface area contributed by atoms with E-state index in [0.717, 1.165) is 24.6 Å². The van der Waals surface area contributed by atoms with Gasteiger partial charge in [-0.2, -0.15) is 0 Å². The first kappa shape index (κ1) is 20.8. The van der Waals surface area contributed by atoms with Gasteiger partial charge in [0.1, 0.15) is 10.7 Å². The summed E-state index contributed by atoms with van der Waals surface area (Å²) in [6, 6.07) is 10.6. The average Bonchev–Trinajstić information content (AvgIpc) is 2.68. The summed E-state index contributed by atoms with van der Waals surface area (Å²) in [4.78, 5) is 13.0. The normalized spacial score (nSPS) is 11.7. The molecule has 144 valence electrons. The number of nitrogens with zero attached hydrogens (tertiary/aromatic N) is 1. The molecule has 5 nitrogen and oxygen atoms in total. The van der Waals surface area contributed by atoms with E-state index in [-0.39, 0.29) is 5.91 Å². The molecule has 0 aliphatic heterocycles. The highest BCUT2D eigenvalue weighted by atomic mass is 32.1. The molecule has 0 radical (unpaired) electrons. The molecule has 0 saturated carbocycles. The van der Waals surface area contributed by atoms with E-state index in [1.807, 2.05) is 30.3 Å². The third-order valence-electron chi connectivity index (χ3n) is 4.56. The molecule has 0 aliphatic rings. The molecule has 1 amide bonds. The molecule has 1 heterocycles. The van der Waals surface area contributed by atoms with Gasteiger partial charge >= 0.3 is 0 Å². The fourth-order valence-electron chi connectivity index (χ4n) is 3.04. The largest absolute Gasteiger partial charge is 0.398 e. The van der Waals surface area contributed by atoms with Crippen LogP contribution in [0.4, 0.5) is 5.69 Å². The summed E-state index contributed by atoms with van der Waals surface area (Å²) in [7, 11) is 0. The minimum atomic E-state index is -0.589. The number of amides is 1. The lowest BCUT2D eigenvalue weighted by molar-refractivity contribution is -0.123. The monoisotopic (exact) mass is 384 g/mol. The van der Waals surface area contributed by atoms with Crippen LogP contribution in [0.1, 0.15) is 56.2 Å². The Bertz CT molecular complexity index is 817. The zero-order valence-corrected chi connectivity index (χ0v) is 16.6. The number of carbonyl (C=O) groups is 1. The van der Waals surface area contributed by atoms with Crippen molar-refractivity contribution in [2.45, 2.75) is 45.1 Å². The predicted octanol–water partition coefficient (Wildman–Crippen LogP) is 4.47. The summed E-state index contributed by atoms with van der Waals surface area (Å²) in [5, 5.41) is 10.6. The summed E-state index contributed by atoms with van der Waals surface area (Å²) in [6.07, 6.45) is 8.57. The van der Waals surface area contributed by atoms with Gasteiger partial charge in [0.2, 0.25) is 5.91 Å². The lowest BCUT2D eigenvalue weighted by atomic mass is 10.0. The second-order valence-electron chi connectivity index (χ2n) is 6.56. The summed E-state index contributed by atoms with van der Waals surface area (Å²) < 4.78 is 2.10. The van der Waals surface area contributed by atoms with Crippen LogP contribution in [-0.2, 0) is 4.79 Å². The van der Waals surface area contributed by atoms with E-state index in [0.29, 0.717) is 22.4 Å². The van der Waals surface area contributed by atoms with Gasteiger partial charge in [-0.25, -0.2) is 0 Å². The Morgan fingerprint density at radius 1 is 1.22 bits per heavy atom. The Morgan fingerprint density at radius 3 is 2.59 bits per heavy atom. The zero-order valence-electron chi connectivity index (χ0n) is 15.8. The zero-order chi connectivity index (χ0) is 19.6. The van der Waals surface area contributed by atoms with E-state index in [2.05, 4.69) is 12.2 Å². The Hall–Kier alpha value is -2.47. The molecule has 1 unspecified atom stereocenters. The van der Waals surface area contributed by atoms with E-state index in [9.17, 15) is 4.79 Å². The number of anilines is 1. The molecular formula is C21H28N4OS. The molecule has 0 aliphatic carbocycles. The smallest absolute Gasteiger partial charge is 0.247 e. The maximum Gasteiger partial charge on any atom is 0.247 e. The van der Waals surface area contributed by atoms with E-state index in [1.54, 1.807) is 16.8 Å². The van der Waals surface area contributed by atoms with E-state index < -0.39 is 6.04 Å². The number of nitrogens with one attached hydrogen (secondary N) is 2. The van der Waals surface area contributed by atoms with Gasteiger partial charge in [0.15, 0.2) is 0 Å². The first-order valence-corrected chi connectivity index (χ1v) is 9.84. The minimum absolute atomic E-state index is 0.103. The lowest BCUT2D eigenvalue weighted by Crippen LogP contribution is -2.34. The van der Waals surface area contributed by atoms with Crippen molar-refractivity contribution in [2.24, 2.45) is 0 Å². The van der Waals surface area contributed by atoms with Crippen LogP contribution in [-0.4, -0.2) is 23.2 Å². The molecule has 0 fully saturated rings. The van der Waals surface area contributed by atoms with Crippen LogP contribution in [0.3, 0.4) is 0 Å². The number of benzene rings is 1. The minimum Gasteiger partial charge on any atom is -0.398 e.